The fourth-order valence-corrected chi connectivity index (χ4v) is 4.60. The predicted molar refractivity (Wildman–Crippen MR) is 153 cm³/mol. The zero-order valence-corrected chi connectivity index (χ0v) is 21.7. The molecule has 1 heterocycles. The average molecular weight is 545 g/mol. The molecule has 4 aromatic carbocycles. The number of rotatable bonds is 9. The van der Waals surface area contributed by atoms with Crippen molar-refractivity contribution >= 4 is 41.2 Å². The molecular formula is C33H24N2O6. The first kappa shape index (κ1) is 27.0. The van der Waals surface area contributed by atoms with Crippen LogP contribution in [0.25, 0.3) is 6.08 Å². The summed E-state index contributed by atoms with van der Waals surface area (Å²) in [5, 5.41) is 12.1. The normalized spacial score (nSPS) is 12.4. The molecule has 4 aromatic rings. The van der Waals surface area contributed by atoms with Gasteiger partial charge in [0.15, 0.2) is 5.78 Å². The van der Waals surface area contributed by atoms with Crippen molar-refractivity contribution in [1.29, 1.82) is 0 Å². The molecule has 5 rings (SSSR count). The third-order valence-electron chi connectivity index (χ3n) is 6.70. The maximum Gasteiger partial charge on any atom is 0.336 e. The first-order valence-electron chi connectivity index (χ1n) is 12.8. The highest BCUT2D eigenvalue weighted by atomic mass is 16.4. The van der Waals surface area contributed by atoms with E-state index < -0.39 is 5.97 Å². The largest absolute Gasteiger partial charge is 0.478 e. The number of ketones is 1. The number of anilines is 1. The number of imide groups is 1. The first-order valence-corrected chi connectivity index (χ1v) is 12.8. The fraction of sp³-hybridized carbons (Fsp3) is 0.0606. The van der Waals surface area contributed by atoms with Crippen LogP contribution in [-0.2, 0) is 6.42 Å². The van der Waals surface area contributed by atoms with E-state index in [1.165, 1.54) is 23.1 Å². The molecule has 0 bridgehead atoms. The summed E-state index contributed by atoms with van der Waals surface area (Å²) in [4.78, 5) is 63.6. The number of amides is 3. The summed E-state index contributed by atoms with van der Waals surface area (Å²) in [5.74, 6) is -2.47. The Morgan fingerprint density at radius 3 is 2.15 bits per heavy atom. The Balaban J connectivity index is 1.23. The fourth-order valence-electron chi connectivity index (χ4n) is 4.60. The van der Waals surface area contributed by atoms with Gasteiger partial charge in [0.05, 0.1) is 16.7 Å². The lowest BCUT2D eigenvalue weighted by molar-refractivity contribution is 0.0652. The van der Waals surface area contributed by atoms with Crippen LogP contribution in [0.5, 0.6) is 0 Å². The molecule has 0 saturated carbocycles. The minimum Gasteiger partial charge on any atom is -0.478 e. The maximum atomic E-state index is 13.0. The van der Waals surface area contributed by atoms with E-state index in [1.807, 2.05) is 6.07 Å². The van der Waals surface area contributed by atoms with Crippen molar-refractivity contribution in [3.05, 3.63) is 142 Å². The van der Waals surface area contributed by atoms with Crippen LogP contribution in [0.2, 0.25) is 0 Å². The molecule has 0 atom stereocenters. The van der Waals surface area contributed by atoms with Crippen LogP contribution >= 0.6 is 0 Å². The van der Waals surface area contributed by atoms with E-state index in [2.05, 4.69) is 5.32 Å². The van der Waals surface area contributed by atoms with E-state index in [1.54, 1.807) is 84.9 Å². The van der Waals surface area contributed by atoms with Gasteiger partial charge < -0.3 is 10.4 Å². The quantitative estimate of drug-likeness (QED) is 0.166. The van der Waals surface area contributed by atoms with E-state index in [0.29, 0.717) is 39.9 Å². The second-order valence-corrected chi connectivity index (χ2v) is 9.38. The van der Waals surface area contributed by atoms with E-state index in [4.69, 9.17) is 0 Å². The number of nitrogens with one attached hydrogen (secondary N) is 1. The molecule has 0 spiro atoms. The topological polar surface area (TPSA) is 121 Å². The molecule has 3 amide bonds. The van der Waals surface area contributed by atoms with Crippen molar-refractivity contribution in [2.24, 2.45) is 0 Å². The highest BCUT2D eigenvalue weighted by molar-refractivity contribution is 6.21. The van der Waals surface area contributed by atoms with E-state index >= 15 is 0 Å². The molecule has 2 N–H and O–H groups in total. The van der Waals surface area contributed by atoms with Gasteiger partial charge in [-0.1, -0.05) is 60.7 Å². The smallest absolute Gasteiger partial charge is 0.336 e. The van der Waals surface area contributed by atoms with E-state index in [0.717, 1.165) is 5.56 Å². The van der Waals surface area contributed by atoms with Gasteiger partial charge in [0, 0.05) is 23.4 Å². The number of benzene rings is 4. The van der Waals surface area contributed by atoms with Gasteiger partial charge in [-0.3, -0.25) is 24.1 Å². The Morgan fingerprint density at radius 2 is 1.41 bits per heavy atom. The predicted octanol–water partition coefficient (Wildman–Crippen LogP) is 5.37. The molecule has 1 aliphatic rings. The molecule has 0 saturated heterocycles. The number of hydrogen-bond donors (Lipinski definition) is 2. The summed E-state index contributed by atoms with van der Waals surface area (Å²) in [6, 6.07) is 26.4. The summed E-state index contributed by atoms with van der Waals surface area (Å²) in [6.45, 7) is 0.187. The van der Waals surface area contributed by atoms with Crippen molar-refractivity contribution in [3.63, 3.8) is 0 Å². The Kier molecular flexibility index (Phi) is 7.65. The average Bonchev–Trinajstić information content (AvgIpc) is 3.24. The van der Waals surface area contributed by atoms with Gasteiger partial charge in [0.25, 0.3) is 17.7 Å². The number of carboxylic acid groups (broad SMARTS) is 1. The summed E-state index contributed by atoms with van der Waals surface area (Å²) >= 11 is 0. The number of fused-ring (bicyclic) bond motifs is 1. The third kappa shape index (κ3) is 5.86. The van der Waals surface area contributed by atoms with Crippen molar-refractivity contribution in [3.8, 4) is 0 Å². The van der Waals surface area contributed by atoms with Gasteiger partial charge in [-0.05, 0) is 66.1 Å². The second kappa shape index (κ2) is 11.6. The number of allylic oxidation sites excluding steroid dienone is 1. The Labute approximate surface area is 235 Å². The first-order chi connectivity index (χ1) is 19.8. The molecule has 0 fully saturated rings. The summed E-state index contributed by atoms with van der Waals surface area (Å²) in [5.41, 5.74) is 3.18. The van der Waals surface area contributed by atoms with Gasteiger partial charge in [-0.2, -0.15) is 0 Å². The lowest BCUT2D eigenvalue weighted by Gasteiger charge is -2.14. The number of carbonyl (C=O) groups is 5. The Bertz CT molecular complexity index is 1700. The van der Waals surface area contributed by atoms with Gasteiger partial charge in [0.1, 0.15) is 0 Å². The number of hydrogen-bond acceptors (Lipinski definition) is 5. The minimum absolute atomic E-state index is 0.0866. The second-order valence-electron chi connectivity index (χ2n) is 9.38. The number of carbonyl (C=O) groups excluding carboxylic acids is 4. The van der Waals surface area contributed by atoms with E-state index in [-0.39, 0.29) is 35.6 Å². The van der Waals surface area contributed by atoms with Crippen molar-refractivity contribution in [2.45, 2.75) is 6.42 Å². The van der Waals surface area contributed by atoms with Gasteiger partial charge in [-0.15, -0.1) is 0 Å². The van der Waals surface area contributed by atoms with Crippen LogP contribution in [0.15, 0.2) is 103 Å². The van der Waals surface area contributed by atoms with Crippen LogP contribution in [-0.4, -0.2) is 46.0 Å². The van der Waals surface area contributed by atoms with Gasteiger partial charge in [-0.25, -0.2) is 4.79 Å². The lowest BCUT2D eigenvalue weighted by Crippen LogP contribution is -2.31. The lowest BCUT2D eigenvalue weighted by atomic mass is 10.0. The SMILES string of the molecule is O=C(/C=C/c1ccccc1C(=O)O)c1cccc(NC(=O)c2cccc(CCN3C(=O)c4ccccc4C3=O)c2)c1. The molecule has 0 radical (unpaired) electrons. The Hall–Kier alpha value is -5.63. The standard InChI is InChI=1S/C33H24N2O6/c36-29(16-15-22-8-1-2-12-26(22)33(40)41)23-9-6-11-25(20-23)34-30(37)24-10-5-7-21(19-24)17-18-35-31(38)27-13-3-4-14-28(27)32(35)39/h1-16,19-20H,17-18H2,(H,34,37)(H,40,41)/b16-15+. The van der Waals surface area contributed by atoms with Crippen molar-refractivity contribution in [2.75, 3.05) is 11.9 Å². The van der Waals surface area contributed by atoms with E-state index in [9.17, 15) is 29.1 Å². The molecule has 0 unspecified atom stereocenters. The van der Waals surface area contributed by atoms with Crippen LogP contribution < -0.4 is 5.32 Å². The highest BCUT2D eigenvalue weighted by Crippen LogP contribution is 2.23. The number of carboxylic acids is 1. The molecule has 41 heavy (non-hydrogen) atoms. The molecule has 8 heteroatoms. The summed E-state index contributed by atoms with van der Waals surface area (Å²) in [7, 11) is 0. The maximum absolute atomic E-state index is 13.0. The van der Waals surface area contributed by atoms with Crippen molar-refractivity contribution < 1.29 is 29.1 Å². The number of nitrogens with zero attached hydrogens (tertiary/aromatic N) is 1. The molecule has 1 aliphatic heterocycles. The Morgan fingerprint density at radius 1 is 0.756 bits per heavy atom. The van der Waals surface area contributed by atoms with Crippen LogP contribution in [0.4, 0.5) is 5.69 Å². The van der Waals surface area contributed by atoms with Gasteiger partial charge >= 0.3 is 5.97 Å². The van der Waals surface area contributed by atoms with Crippen LogP contribution in [0.3, 0.4) is 0 Å². The highest BCUT2D eigenvalue weighted by Gasteiger charge is 2.34. The van der Waals surface area contributed by atoms with Gasteiger partial charge in [0.2, 0.25) is 0 Å². The number of aromatic carboxylic acids is 1. The van der Waals surface area contributed by atoms with Crippen LogP contribution in [0.1, 0.15) is 62.9 Å². The molecule has 0 aromatic heterocycles. The molecular weight excluding hydrogens is 520 g/mol. The van der Waals surface area contributed by atoms with Crippen molar-refractivity contribution in [1.82, 2.24) is 4.90 Å². The molecule has 202 valence electrons. The minimum atomic E-state index is -1.09. The third-order valence-corrected chi connectivity index (χ3v) is 6.70. The zero-order chi connectivity index (χ0) is 28.9. The summed E-state index contributed by atoms with van der Waals surface area (Å²) < 4.78 is 0. The zero-order valence-electron chi connectivity index (χ0n) is 21.7. The summed E-state index contributed by atoms with van der Waals surface area (Å²) in [6.07, 6.45) is 3.12. The monoisotopic (exact) mass is 544 g/mol. The van der Waals surface area contributed by atoms with Crippen LogP contribution in [0, 0.1) is 0 Å². The molecule has 0 aliphatic carbocycles. The molecule has 8 nitrogen and oxygen atoms in total.